The van der Waals surface area contributed by atoms with Crippen LogP contribution < -0.4 is 10.1 Å². The molecule has 0 aliphatic rings. The Morgan fingerprint density at radius 2 is 1.94 bits per heavy atom. The van der Waals surface area contributed by atoms with Gasteiger partial charge in [0.1, 0.15) is 5.75 Å². The van der Waals surface area contributed by atoms with E-state index >= 15 is 0 Å². The maximum atomic E-state index is 9.75. The molecule has 0 spiro atoms. The molecule has 0 bridgehead atoms. The number of likely N-dealkylation sites (N-methyl/N-ethyl adjacent to an activating group) is 1. The molecule has 0 radical (unpaired) electrons. The van der Waals surface area contributed by atoms with Crippen molar-refractivity contribution in [2.24, 2.45) is 0 Å². The molecule has 1 atom stereocenters. The van der Waals surface area contributed by atoms with Crippen LogP contribution in [0.4, 0.5) is 0 Å². The van der Waals surface area contributed by atoms with Gasteiger partial charge in [0.05, 0.1) is 12.7 Å². The summed E-state index contributed by atoms with van der Waals surface area (Å²) in [5.41, 5.74) is 0.917. The molecule has 0 heterocycles. The number of hydrogen-bond acceptors (Lipinski definition) is 3. The van der Waals surface area contributed by atoms with Crippen molar-refractivity contribution in [3.05, 3.63) is 29.8 Å². The van der Waals surface area contributed by atoms with Gasteiger partial charge in [-0.2, -0.15) is 0 Å². The second kappa shape index (κ2) is 8.09. The molecule has 96 valence electrons. The first-order valence-corrected chi connectivity index (χ1v) is 6.33. The van der Waals surface area contributed by atoms with E-state index in [9.17, 15) is 5.11 Å². The Balaban J connectivity index is 2.39. The predicted molar refractivity (Wildman–Crippen MR) is 70.3 cm³/mol. The molecule has 0 aliphatic carbocycles. The van der Waals surface area contributed by atoms with Gasteiger partial charge in [-0.3, -0.25) is 0 Å². The van der Waals surface area contributed by atoms with Gasteiger partial charge in [0, 0.05) is 6.54 Å². The minimum Gasteiger partial charge on any atom is -0.494 e. The fourth-order valence-corrected chi connectivity index (χ4v) is 1.64. The highest BCUT2D eigenvalue weighted by Crippen LogP contribution is 2.17. The molecule has 0 aliphatic heterocycles. The van der Waals surface area contributed by atoms with E-state index in [-0.39, 0.29) is 0 Å². The first-order chi connectivity index (χ1) is 8.27. The van der Waals surface area contributed by atoms with E-state index in [4.69, 9.17) is 4.74 Å². The number of rotatable bonds is 8. The molecule has 0 saturated carbocycles. The third-order valence-corrected chi connectivity index (χ3v) is 2.68. The smallest absolute Gasteiger partial charge is 0.119 e. The third-order valence-electron chi connectivity index (χ3n) is 2.68. The fourth-order valence-electron chi connectivity index (χ4n) is 1.64. The summed E-state index contributed by atoms with van der Waals surface area (Å²) in [7, 11) is 1.83. The summed E-state index contributed by atoms with van der Waals surface area (Å²) in [6, 6.07) is 7.66. The standard InChI is InChI=1S/C14H23NO2/c1-3-4-5-10-17-13-8-6-12(7-9-13)14(16)11-15-2/h6-9,14-16H,3-5,10-11H2,1-2H3. The highest BCUT2D eigenvalue weighted by Gasteiger charge is 2.05. The number of nitrogens with one attached hydrogen (secondary N) is 1. The van der Waals surface area contributed by atoms with Crippen LogP contribution in [0, 0.1) is 0 Å². The normalized spacial score (nSPS) is 12.4. The van der Waals surface area contributed by atoms with Crippen LogP contribution in [-0.2, 0) is 0 Å². The zero-order valence-corrected chi connectivity index (χ0v) is 10.8. The van der Waals surface area contributed by atoms with Crippen molar-refractivity contribution in [1.82, 2.24) is 5.32 Å². The van der Waals surface area contributed by atoms with Gasteiger partial charge in [0.25, 0.3) is 0 Å². The van der Waals surface area contributed by atoms with Crippen molar-refractivity contribution in [3.63, 3.8) is 0 Å². The highest BCUT2D eigenvalue weighted by molar-refractivity contribution is 5.28. The quantitative estimate of drug-likeness (QED) is 0.683. The van der Waals surface area contributed by atoms with Crippen LogP contribution in [0.2, 0.25) is 0 Å². The van der Waals surface area contributed by atoms with Crippen molar-refractivity contribution < 1.29 is 9.84 Å². The molecule has 3 nitrogen and oxygen atoms in total. The first kappa shape index (κ1) is 14.0. The fraction of sp³-hybridized carbons (Fsp3) is 0.571. The molecule has 1 unspecified atom stereocenters. The number of aliphatic hydroxyl groups excluding tert-OH is 1. The Hall–Kier alpha value is -1.06. The predicted octanol–water partition coefficient (Wildman–Crippen LogP) is 2.51. The van der Waals surface area contributed by atoms with Crippen molar-refractivity contribution in [2.45, 2.75) is 32.3 Å². The van der Waals surface area contributed by atoms with Gasteiger partial charge in [-0.1, -0.05) is 31.9 Å². The molecule has 17 heavy (non-hydrogen) atoms. The van der Waals surface area contributed by atoms with Gasteiger partial charge in [-0.15, -0.1) is 0 Å². The lowest BCUT2D eigenvalue weighted by atomic mass is 10.1. The molecular formula is C14H23NO2. The number of ether oxygens (including phenoxy) is 1. The van der Waals surface area contributed by atoms with E-state index in [1.165, 1.54) is 12.8 Å². The Labute approximate surface area is 104 Å². The molecule has 0 amide bonds. The maximum Gasteiger partial charge on any atom is 0.119 e. The molecule has 0 saturated heterocycles. The third kappa shape index (κ3) is 5.20. The minimum atomic E-state index is -0.450. The topological polar surface area (TPSA) is 41.5 Å². The number of hydrogen-bond donors (Lipinski definition) is 2. The molecule has 1 rings (SSSR count). The lowest BCUT2D eigenvalue weighted by molar-refractivity contribution is 0.177. The van der Waals surface area contributed by atoms with Gasteiger partial charge in [-0.25, -0.2) is 0 Å². The van der Waals surface area contributed by atoms with Crippen LogP contribution in [0.1, 0.15) is 37.9 Å². The Kier molecular flexibility index (Phi) is 6.67. The van der Waals surface area contributed by atoms with Crippen LogP contribution in [0.3, 0.4) is 0 Å². The molecule has 3 heteroatoms. The molecular weight excluding hydrogens is 214 g/mol. The Bertz CT molecular complexity index is 298. The first-order valence-electron chi connectivity index (χ1n) is 6.33. The van der Waals surface area contributed by atoms with Gasteiger partial charge in [0.2, 0.25) is 0 Å². The summed E-state index contributed by atoms with van der Waals surface area (Å²) in [5, 5.41) is 12.7. The van der Waals surface area contributed by atoms with Crippen LogP contribution in [-0.4, -0.2) is 25.3 Å². The van der Waals surface area contributed by atoms with Gasteiger partial charge < -0.3 is 15.2 Å². The molecule has 1 aromatic carbocycles. The molecule has 1 aromatic rings. The van der Waals surface area contributed by atoms with E-state index in [0.717, 1.165) is 24.3 Å². The van der Waals surface area contributed by atoms with Crippen molar-refractivity contribution >= 4 is 0 Å². The van der Waals surface area contributed by atoms with Gasteiger partial charge in [-0.05, 0) is 31.2 Å². The van der Waals surface area contributed by atoms with Crippen molar-refractivity contribution in [1.29, 1.82) is 0 Å². The highest BCUT2D eigenvalue weighted by atomic mass is 16.5. The van der Waals surface area contributed by atoms with Gasteiger partial charge >= 0.3 is 0 Å². The van der Waals surface area contributed by atoms with E-state index in [0.29, 0.717) is 6.54 Å². The summed E-state index contributed by atoms with van der Waals surface area (Å²) in [4.78, 5) is 0. The number of unbranched alkanes of at least 4 members (excludes halogenated alkanes) is 2. The summed E-state index contributed by atoms with van der Waals surface area (Å²) < 4.78 is 5.61. The Morgan fingerprint density at radius 3 is 2.53 bits per heavy atom. The van der Waals surface area contributed by atoms with Crippen LogP contribution in [0.25, 0.3) is 0 Å². The summed E-state index contributed by atoms with van der Waals surface area (Å²) in [5.74, 6) is 0.876. The zero-order chi connectivity index (χ0) is 12.5. The largest absolute Gasteiger partial charge is 0.494 e. The van der Waals surface area contributed by atoms with E-state index in [2.05, 4.69) is 12.2 Å². The molecule has 0 fully saturated rings. The van der Waals surface area contributed by atoms with E-state index in [1.807, 2.05) is 31.3 Å². The summed E-state index contributed by atoms with van der Waals surface area (Å²) >= 11 is 0. The van der Waals surface area contributed by atoms with Crippen LogP contribution in [0.5, 0.6) is 5.75 Å². The summed E-state index contributed by atoms with van der Waals surface area (Å²) in [6.45, 7) is 3.51. The molecule has 2 N–H and O–H groups in total. The van der Waals surface area contributed by atoms with Crippen molar-refractivity contribution in [2.75, 3.05) is 20.2 Å². The van der Waals surface area contributed by atoms with Crippen LogP contribution in [0.15, 0.2) is 24.3 Å². The van der Waals surface area contributed by atoms with E-state index in [1.54, 1.807) is 0 Å². The monoisotopic (exact) mass is 237 g/mol. The number of aliphatic hydroxyl groups is 1. The Morgan fingerprint density at radius 1 is 1.24 bits per heavy atom. The van der Waals surface area contributed by atoms with E-state index < -0.39 is 6.10 Å². The summed E-state index contributed by atoms with van der Waals surface area (Å²) in [6.07, 6.45) is 3.06. The average molecular weight is 237 g/mol. The maximum absolute atomic E-state index is 9.75. The SMILES string of the molecule is CCCCCOc1ccc(C(O)CNC)cc1. The number of benzene rings is 1. The van der Waals surface area contributed by atoms with Crippen LogP contribution >= 0.6 is 0 Å². The lowest BCUT2D eigenvalue weighted by Crippen LogP contribution is -2.16. The minimum absolute atomic E-state index is 0.450. The van der Waals surface area contributed by atoms with Crippen molar-refractivity contribution in [3.8, 4) is 5.75 Å². The molecule has 0 aromatic heterocycles. The average Bonchev–Trinajstić information content (AvgIpc) is 2.36. The second-order valence-electron chi connectivity index (χ2n) is 4.20. The lowest BCUT2D eigenvalue weighted by Gasteiger charge is -2.11. The van der Waals surface area contributed by atoms with Gasteiger partial charge in [0.15, 0.2) is 0 Å². The zero-order valence-electron chi connectivity index (χ0n) is 10.8. The second-order valence-corrected chi connectivity index (χ2v) is 4.20.